The quantitative estimate of drug-likeness (QED) is 0.550. The Labute approximate surface area is 181 Å². The van der Waals surface area contributed by atoms with Gasteiger partial charge in [-0.1, -0.05) is 68.4 Å². The summed E-state index contributed by atoms with van der Waals surface area (Å²) in [7, 11) is 0. The number of rotatable bonds is 5. The first-order chi connectivity index (χ1) is 14.8. The van der Waals surface area contributed by atoms with Crippen LogP contribution in [0.1, 0.15) is 60.6 Å². The fourth-order valence-corrected chi connectivity index (χ4v) is 4.52. The molecule has 31 heavy (non-hydrogen) atoms. The fourth-order valence-electron chi connectivity index (χ4n) is 4.52. The van der Waals surface area contributed by atoms with Crippen molar-refractivity contribution in [2.24, 2.45) is 5.92 Å². The minimum atomic E-state index is -1.38. The van der Waals surface area contributed by atoms with Crippen LogP contribution < -0.4 is 5.56 Å². The Kier molecular flexibility index (Phi) is 5.58. The molecule has 2 aromatic carbocycles. The number of hydrogen-bond donors (Lipinski definition) is 3. The molecule has 0 bridgehead atoms. The summed E-state index contributed by atoms with van der Waals surface area (Å²) in [4.78, 5) is 25.9. The van der Waals surface area contributed by atoms with Crippen molar-refractivity contribution >= 4 is 5.97 Å². The van der Waals surface area contributed by atoms with Gasteiger partial charge in [0.25, 0.3) is 5.56 Å². The molecular formula is C25H28N2O4. The predicted molar refractivity (Wildman–Crippen MR) is 118 cm³/mol. The molecule has 0 aliphatic heterocycles. The number of esters is 1. The summed E-state index contributed by atoms with van der Waals surface area (Å²) in [6.45, 7) is 5.96. The summed E-state index contributed by atoms with van der Waals surface area (Å²) >= 11 is 0. The maximum Gasteiger partial charge on any atom is 0.313 e. The Morgan fingerprint density at radius 2 is 1.81 bits per heavy atom. The number of nitrogens with one attached hydrogen (secondary N) is 2. The predicted octanol–water partition coefficient (Wildman–Crippen LogP) is 3.63. The van der Waals surface area contributed by atoms with Crippen LogP contribution in [0.2, 0.25) is 0 Å². The van der Waals surface area contributed by atoms with Crippen LogP contribution in [0.15, 0.2) is 59.4 Å². The summed E-state index contributed by atoms with van der Waals surface area (Å²) in [6.07, 6.45) is 0.159. The van der Waals surface area contributed by atoms with Crippen molar-refractivity contribution in [1.82, 2.24) is 10.2 Å². The first kappa shape index (κ1) is 21.1. The van der Waals surface area contributed by atoms with Crippen molar-refractivity contribution in [1.29, 1.82) is 0 Å². The Balaban J connectivity index is 1.73. The molecule has 6 heteroatoms. The number of aliphatic hydroxyl groups is 1. The zero-order valence-electron chi connectivity index (χ0n) is 18.0. The van der Waals surface area contributed by atoms with E-state index >= 15 is 0 Å². The molecule has 1 aromatic heterocycles. The van der Waals surface area contributed by atoms with Crippen molar-refractivity contribution < 1.29 is 14.6 Å². The van der Waals surface area contributed by atoms with Gasteiger partial charge in [-0.3, -0.25) is 14.7 Å². The minimum absolute atomic E-state index is 0.113. The van der Waals surface area contributed by atoms with Gasteiger partial charge in [-0.15, -0.1) is 0 Å². The summed E-state index contributed by atoms with van der Waals surface area (Å²) in [5.41, 5.74) is 2.29. The third-order valence-corrected chi connectivity index (χ3v) is 6.19. The van der Waals surface area contributed by atoms with Gasteiger partial charge in [-0.2, -0.15) is 0 Å². The highest BCUT2D eigenvalue weighted by Crippen LogP contribution is 2.44. The lowest BCUT2D eigenvalue weighted by atomic mass is 9.66. The van der Waals surface area contributed by atoms with Gasteiger partial charge in [0.1, 0.15) is 6.61 Å². The average Bonchev–Trinajstić information content (AvgIpc) is 3.10. The van der Waals surface area contributed by atoms with E-state index in [2.05, 4.69) is 24.0 Å². The number of benzene rings is 2. The van der Waals surface area contributed by atoms with Gasteiger partial charge in [0.2, 0.25) is 0 Å². The number of carbonyl (C=O) groups is 1. The van der Waals surface area contributed by atoms with Crippen molar-refractivity contribution in [2.45, 2.75) is 51.2 Å². The summed E-state index contributed by atoms with van der Waals surface area (Å²) in [5, 5.41) is 16.8. The van der Waals surface area contributed by atoms with Crippen LogP contribution >= 0.6 is 0 Å². The molecule has 0 radical (unpaired) electrons. The van der Waals surface area contributed by atoms with Crippen LogP contribution in [0.4, 0.5) is 0 Å². The van der Waals surface area contributed by atoms with Gasteiger partial charge < -0.3 is 14.9 Å². The monoisotopic (exact) mass is 420 g/mol. The fraction of sp³-hybridized carbons (Fsp3) is 0.360. The van der Waals surface area contributed by atoms with Crippen LogP contribution in [-0.2, 0) is 22.6 Å². The average molecular weight is 421 g/mol. The molecule has 4 rings (SSSR count). The van der Waals surface area contributed by atoms with Crippen molar-refractivity contribution in [2.75, 3.05) is 0 Å². The number of H-pyrrole nitrogens is 2. The second-order valence-corrected chi connectivity index (χ2v) is 8.88. The summed E-state index contributed by atoms with van der Waals surface area (Å²) in [6, 6.07) is 17.3. The number of ether oxygens (including phenoxy) is 1. The van der Waals surface area contributed by atoms with E-state index in [1.54, 1.807) is 6.92 Å². The van der Waals surface area contributed by atoms with Gasteiger partial charge in [-0.25, -0.2) is 0 Å². The maximum atomic E-state index is 13.3. The van der Waals surface area contributed by atoms with Crippen LogP contribution in [0.5, 0.6) is 0 Å². The van der Waals surface area contributed by atoms with E-state index in [0.29, 0.717) is 17.2 Å². The topological polar surface area (TPSA) is 95.2 Å². The van der Waals surface area contributed by atoms with E-state index < -0.39 is 23.4 Å². The first-order valence-electron chi connectivity index (χ1n) is 10.6. The Morgan fingerprint density at radius 1 is 1.13 bits per heavy atom. The highest BCUT2D eigenvalue weighted by molar-refractivity contribution is 5.77. The van der Waals surface area contributed by atoms with E-state index in [0.717, 1.165) is 16.7 Å². The molecule has 6 nitrogen and oxygen atoms in total. The largest absolute Gasteiger partial charge is 0.460 e. The van der Waals surface area contributed by atoms with E-state index in [9.17, 15) is 14.7 Å². The molecule has 3 N–H and O–H groups in total. The van der Waals surface area contributed by atoms with Crippen LogP contribution in [0.25, 0.3) is 0 Å². The zero-order valence-corrected chi connectivity index (χ0v) is 18.0. The number of fused-ring (bicyclic) bond motifs is 1. The van der Waals surface area contributed by atoms with Gasteiger partial charge in [0, 0.05) is 23.6 Å². The molecule has 0 saturated carbocycles. The highest BCUT2D eigenvalue weighted by Gasteiger charge is 2.51. The molecule has 0 amide bonds. The highest BCUT2D eigenvalue weighted by atomic mass is 16.5. The normalized spacial score (nSPS) is 22.9. The number of hydrogen-bond acceptors (Lipinski definition) is 4. The standard InChI is InChI=1S/C25H28N2O4/c1-15(2)17-9-11-18(12-10-17)20-21-19(26-27-23(21)28)13-25(3,30)22(20)24(29)31-14-16-7-5-4-6-8-16/h4-12,15,20,22,30H,13-14H2,1-3H3,(H2,26,27,28)/t20-,22+,25-/m1/s1. The van der Waals surface area contributed by atoms with Gasteiger partial charge in [-0.05, 0) is 29.5 Å². The molecule has 0 spiro atoms. The molecule has 0 fully saturated rings. The van der Waals surface area contributed by atoms with Crippen molar-refractivity contribution in [3.8, 4) is 0 Å². The molecule has 0 unspecified atom stereocenters. The van der Waals surface area contributed by atoms with E-state index in [-0.39, 0.29) is 18.6 Å². The van der Waals surface area contributed by atoms with Crippen molar-refractivity contribution in [3.05, 3.63) is 92.9 Å². The van der Waals surface area contributed by atoms with Gasteiger partial charge in [0.05, 0.1) is 11.5 Å². The molecular weight excluding hydrogens is 392 g/mol. The van der Waals surface area contributed by atoms with Crippen LogP contribution in [0.3, 0.4) is 0 Å². The Morgan fingerprint density at radius 3 is 2.45 bits per heavy atom. The zero-order chi connectivity index (χ0) is 22.2. The number of carbonyl (C=O) groups excluding carboxylic acids is 1. The Hall–Kier alpha value is -3.12. The molecule has 0 saturated heterocycles. The molecule has 3 aromatic rings. The maximum absolute atomic E-state index is 13.3. The molecule has 162 valence electrons. The second kappa shape index (κ2) is 8.19. The number of aromatic amines is 2. The third kappa shape index (κ3) is 4.08. The lowest BCUT2D eigenvalue weighted by molar-refractivity contribution is -0.161. The van der Waals surface area contributed by atoms with E-state index in [1.807, 2.05) is 54.6 Å². The van der Waals surface area contributed by atoms with E-state index in [4.69, 9.17) is 4.74 Å². The minimum Gasteiger partial charge on any atom is -0.460 e. The summed E-state index contributed by atoms with van der Waals surface area (Å²) in [5.74, 6) is -1.68. The first-order valence-corrected chi connectivity index (χ1v) is 10.6. The van der Waals surface area contributed by atoms with Gasteiger partial charge in [0.15, 0.2) is 0 Å². The molecule has 3 atom stereocenters. The lowest BCUT2D eigenvalue weighted by Crippen LogP contribution is -2.50. The Bertz CT molecular complexity index is 1110. The second-order valence-electron chi connectivity index (χ2n) is 8.88. The van der Waals surface area contributed by atoms with Crippen LogP contribution in [-0.4, -0.2) is 26.9 Å². The lowest BCUT2D eigenvalue weighted by Gasteiger charge is -2.40. The smallest absolute Gasteiger partial charge is 0.313 e. The van der Waals surface area contributed by atoms with E-state index in [1.165, 1.54) is 0 Å². The molecule has 1 heterocycles. The van der Waals surface area contributed by atoms with Crippen molar-refractivity contribution in [3.63, 3.8) is 0 Å². The van der Waals surface area contributed by atoms with Crippen LogP contribution in [0, 0.1) is 5.92 Å². The SMILES string of the molecule is CC(C)c1ccc([C@@H]2c3c([nH][nH]c3=O)C[C@@](C)(O)[C@@H]2C(=O)OCc2ccccc2)cc1. The third-order valence-electron chi connectivity index (χ3n) is 6.19. The molecule has 1 aliphatic rings. The number of aromatic nitrogens is 2. The van der Waals surface area contributed by atoms with Gasteiger partial charge >= 0.3 is 5.97 Å². The summed E-state index contributed by atoms with van der Waals surface area (Å²) < 4.78 is 5.63. The molecule has 1 aliphatic carbocycles.